The predicted octanol–water partition coefficient (Wildman–Crippen LogP) is 3.04. The molecule has 0 aliphatic carbocycles. The molecule has 2 N–H and O–H groups in total. The lowest BCUT2D eigenvalue weighted by atomic mass is 10.3. The van der Waals surface area contributed by atoms with Crippen molar-refractivity contribution in [3.05, 3.63) is 52.9 Å². The summed E-state index contributed by atoms with van der Waals surface area (Å²) in [6.07, 6.45) is 0. The molecule has 88 valence electrons. The highest BCUT2D eigenvalue weighted by atomic mass is 35.5. The number of nitrogens with two attached hydrogens (primary N) is 1. The third kappa shape index (κ3) is 2.85. The van der Waals surface area contributed by atoms with E-state index in [1.54, 1.807) is 24.3 Å². The molecule has 3 nitrogen and oxygen atoms in total. The number of aromatic nitrogens is 1. The van der Waals surface area contributed by atoms with Gasteiger partial charge in [0, 0.05) is 0 Å². The molecule has 1 aromatic carbocycles. The molecule has 2 aromatic rings. The number of hydrogen-bond acceptors (Lipinski definition) is 3. The Balaban J connectivity index is 2.13. The van der Waals surface area contributed by atoms with Gasteiger partial charge in [-0.25, -0.2) is 9.37 Å². The molecule has 0 unspecified atom stereocenters. The van der Waals surface area contributed by atoms with Crippen LogP contribution in [0.4, 0.5) is 10.2 Å². The average Bonchev–Trinajstić information content (AvgIpc) is 2.28. The van der Waals surface area contributed by atoms with Crippen molar-refractivity contribution >= 4 is 17.4 Å². The summed E-state index contributed by atoms with van der Waals surface area (Å²) < 4.78 is 18.7. The Hall–Kier alpha value is -1.81. The highest BCUT2D eigenvalue weighted by Gasteiger charge is 2.08. The van der Waals surface area contributed by atoms with E-state index in [9.17, 15) is 4.39 Å². The zero-order valence-electron chi connectivity index (χ0n) is 8.86. The lowest BCUT2D eigenvalue weighted by Crippen LogP contribution is -2.02. The summed E-state index contributed by atoms with van der Waals surface area (Å²) in [7, 11) is 0. The molecule has 0 radical (unpaired) electrons. The fourth-order valence-electron chi connectivity index (χ4n) is 1.35. The molecule has 0 bridgehead atoms. The number of halogens is 2. The van der Waals surface area contributed by atoms with Gasteiger partial charge in [-0.2, -0.15) is 0 Å². The lowest BCUT2D eigenvalue weighted by Gasteiger charge is -2.08. The molecule has 0 saturated heterocycles. The van der Waals surface area contributed by atoms with Crippen molar-refractivity contribution in [1.82, 2.24) is 4.98 Å². The van der Waals surface area contributed by atoms with E-state index in [2.05, 4.69) is 4.98 Å². The smallest absolute Gasteiger partial charge is 0.174 e. The van der Waals surface area contributed by atoms with E-state index in [0.717, 1.165) is 0 Å². The monoisotopic (exact) mass is 252 g/mol. The molecular formula is C12H10ClFN2O. The predicted molar refractivity (Wildman–Crippen MR) is 64.4 cm³/mol. The Labute approximate surface area is 103 Å². The van der Waals surface area contributed by atoms with E-state index in [1.165, 1.54) is 12.1 Å². The van der Waals surface area contributed by atoms with Gasteiger partial charge in [0.2, 0.25) is 0 Å². The van der Waals surface area contributed by atoms with Crippen molar-refractivity contribution in [2.24, 2.45) is 0 Å². The van der Waals surface area contributed by atoms with Crippen LogP contribution in [0.5, 0.6) is 5.75 Å². The second kappa shape index (κ2) is 5.01. The first-order chi connectivity index (χ1) is 8.16. The topological polar surface area (TPSA) is 48.1 Å². The van der Waals surface area contributed by atoms with Crippen LogP contribution >= 0.6 is 11.6 Å². The van der Waals surface area contributed by atoms with Gasteiger partial charge >= 0.3 is 0 Å². The van der Waals surface area contributed by atoms with E-state index >= 15 is 0 Å². The Bertz CT molecular complexity index is 513. The van der Waals surface area contributed by atoms with Gasteiger partial charge in [-0.15, -0.1) is 0 Å². The van der Waals surface area contributed by atoms with Crippen molar-refractivity contribution in [3.63, 3.8) is 0 Å². The van der Waals surface area contributed by atoms with Gasteiger partial charge in [0.1, 0.15) is 12.4 Å². The zero-order chi connectivity index (χ0) is 12.3. The highest BCUT2D eigenvalue weighted by Crippen LogP contribution is 2.27. The Morgan fingerprint density at radius 3 is 2.71 bits per heavy atom. The molecular weight excluding hydrogens is 243 g/mol. The molecule has 5 heteroatoms. The average molecular weight is 253 g/mol. The van der Waals surface area contributed by atoms with Crippen molar-refractivity contribution in [3.8, 4) is 5.75 Å². The third-order valence-corrected chi connectivity index (χ3v) is 2.41. The normalized spacial score (nSPS) is 10.2. The molecule has 0 spiro atoms. The molecule has 1 aromatic heterocycles. The van der Waals surface area contributed by atoms with Crippen LogP contribution in [-0.4, -0.2) is 4.98 Å². The van der Waals surface area contributed by atoms with Crippen LogP contribution in [0.1, 0.15) is 5.69 Å². The summed E-state index contributed by atoms with van der Waals surface area (Å²) >= 11 is 5.82. The van der Waals surface area contributed by atoms with E-state index in [0.29, 0.717) is 11.5 Å². The Kier molecular flexibility index (Phi) is 3.44. The molecule has 0 aliphatic heterocycles. The Morgan fingerprint density at radius 1 is 1.24 bits per heavy atom. The van der Waals surface area contributed by atoms with Gasteiger partial charge < -0.3 is 10.5 Å². The number of para-hydroxylation sites is 1. The van der Waals surface area contributed by atoms with Crippen LogP contribution in [0.3, 0.4) is 0 Å². The van der Waals surface area contributed by atoms with Crippen molar-refractivity contribution in [2.75, 3.05) is 5.73 Å². The third-order valence-electron chi connectivity index (χ3n) is 2.11. The summed E-state index contributed by atoms with van der Waals surface area (Å²) in [5.41, 5.74) is 6.14. The Morgan fingerprint density at radius 2 is 2.00 bits per heavy atom. The quantitative estimate of drug-likeness (QED) is 0.913. The molecule has 0 aliphatic rings. The number of nitrogens with zero attached hydrogens (tertiary/aromatic N) is 1. The first-order valence-corrected chi connectivity index (χ1v) is 5.33. The fraction of sp³-hybridized carbons (Fsp3) is 0.0833. The number of ether oxygens (including phenoxy) is 1. The van der Waals surface area contributed by atoms with Crippen LogP contribution in [-0.2, 0) is 6.61 Å². The highest BCUT2D eigenvalue weighted by molar-refractivity contribution is 6.32. The van der Waals surface area contributed by atoms with Crippen molar-refractivity contribution < 1.29 is 9.13 Å². The molecule has 17 heavy (non-hydrogen) atoms. The van der Waals surface area contributed by atoms with Gasteiger partial charge in [0.25, 0.3) is 0 Å². The first kappa shape index (κ1) is 11.7. The number of benzene rings is 1. The van der Waals surface area contributed by atoms with Crippen molar-refractivity contribution in [2.45, 2.75) is 6.61 Å². The van der Waals surface area contributed by atoms with Gasteiger partial charge in [-0.05, 0) is 24.3 Å². The van der Waals surface area contributed by atoms with Gasteiger partial charge in [-0.3, -0.25) is 0 Å². The maximum Gasteiger partial charge on any atom is 0.174 e. The second-order valence-corrected chi connectivity index (χ2v) is 3.80. The second-order valence-electron chi connectivity index (χ2n) is 3.39. The molecule has 2 rings (SSSR count). The molecule has 0 saturated carbocycles. The largest absolute Gasteiger partial charge is 0.483 e. The van der Waals surface area contributed by atoms with Crippen LogP contribution in [0.25, 0.3) is 0 Å². The minimum Gasteiger partial charge on any atom is -0.483 e. The van der Waals surface area contributed by atoms with Gasteiger partial charge in [0.15, 0.2) is 11.6 Å². The van der Waals surface area contributed by atoms with Gasteiger partial charge in [0.05, 0.1) is 10.7 Å². The van der Waals surface area contributed by atoms with E-state index < -0.39 is 5.82 Å². The van der Waals surface area contributed by atoms with E-state index in [4.69, 9.17) is 22.1 Å². The van der Waals surface area contributed by atoms with Crippen molar-refractivity contribution in [1.29, 1.82) is 0 Å². The minimum absolute atomic E-state index is 0.0263. The molecule has 1 heterocycles. The van der Waals surface area contributed by atoms with Crippen LogP contribution in [0, 0.1) is 5.82 Å². The number of nitrogen functional groups attached to an aromatic ring is 1. The van der Waals surface area contributed by atoms with Gasteiger partial charge in [-0.1, -0.05) is 23.7 Å². The number of rotatable bonds is 3. The number of pyridine rings is 1. The lowest BCUT2D eigenvalue weighted by molar-refractivity contribution is 0.286. The minimum atomic E-state index is -0.499. The molecule has 0 amide bonds. The summed E-state index contributed by atoms with van der Waals surface area (Å²) in [5.74, 6) is -0.0782. The zero-order valence-corrected chi connectivity index (χ0v) is 9.62. The van der Waals surface area contributed by atoms with Crippen LogP contribution in [0.15, 0.2) is 36.4 Å². The first-order valence-electron chi connectivity index (χ1n) is 4.95. The standard InChI is InChI=1S/C12H10ClFN2O/c13-9-4-2-5-10(14)12(9)17-7-8-3-1-6-11(15)16-8/h1-6H,7H2,(H2,15,16). The summed E-state index contributed by atoms with van der Waals surface area (Å²) in [5, 5.41) is 0.230. The maximum atomic E-state index is 13.4. The van der Waals surface area contributed by atoms with E-state index in [1.807, 2.05) is 0 Å². The number of anilines is 1. The number of hydrogen-bond donors (Lipinski definition) is 1. The SMILES string of the molecule is Nc1cccc(COc2c(F)cccc2Cl)n1. The van der Waals surface area contributed by atoms with Crippen LogP contribution in [0.2, 0.25) is 5.02 Å². The van der Waals surface area contributed by atoms with Crippen LogP contribution < -0.4 is 10.5 Å². The summed E-state index contributed by atoms with van der Waals surface area (Å²) in [4.78, 5) is 4.03. The molecule has 0 fully saturated rings. The van der Waals surface area contributed by atoms with E-state index in [-0.39, 0.29) is 17.4 Å². The summed E-state index contributed by atoms with van der Waals surface area (Å²) in [6.45, 7) is 0.117. The molecule has 0 atom stereocenters. The maximum absolute atomic E-state index is 13.4. The summed E-state index contributed by atoms with van der Waals surface area (Å²) in [6, 6.07) is 9.53. The fourth-order valence-corrected chi connectivity index (χ4v) is 1.56.